The third-order valence-corrected chi connectivity index (χ3v) is 3.57. The molecule has 1 heterocycles. The van der Waals surface area contributed by atoms with E-state index >= 15 is 0 Å². The van der Waals surface area contributed by atoms with Crippen molar-refractivity contribution >= 4 is 11.3 Å². The average Bonchev–Trinajstić information content (AvgIpc) is 2.87. The summed E-state index contributed by atoms with van der Waals surface area (Å²) >= 11 is 1.38. The second kappa shape index (κ2) is 5.42. The molecule has 0 aliphatic heterocycles. The summed E-state index contributed by atoms with van der Waals surface area (Å²) in [5.74, 6) is 0. The molecule has 0 saturated carbocycles. The molecule has 0 bridgehead atoms. The highest BCUT2D eigenvalue weighted by Crippen LogP contribution is 2.30. The van der Waals surface area contributed by atoms with Crippen LogP contribution in [0.2, 0.25) is 0 Å². The maximum atomic E-state index is 9.75. The van der Waals surface area contributed by atoms with Gasteiger partial charge in [0, 0.05) is 4.88 Å². The van der Waals surface area contributed by atoms with Crippen LogP contribution in [0, 0.1) is 0 Å². The largest absolute Gasteiger partial charge is 0.394 e. The molecule has 1 aromatic carbocycles. The summed E-state index contributed by atoms with van der Waals surface area (Å²) in [6.07, 6.45) is -2.15. The highest BCUT2D eigenvalue weighted by molar-refractivity contribution is 7.10. The Balaban J connectivity index is 2.22. The van der Waals surface area contributed by atoms with E-state index in [-0.39, 0.29) is 0 Å². The molecule has 1 aromatic heterocycles. The van der Waals surface area contributed by atoms with Crippen LogP contribution >= 0.6 is 11.3 Å². The number of aliphatic hydroxyl groups excluding tert-OH is 3. The van der Waals surface area contributed by atoms with E-state index in [9.17, 15) is 10.2 Å². The SMILES string of the molecule is OCC(O)C(O)c1cc(-c2ccccc2)cs1. The van der Waals surface area contributed by atoms with Gasteiger partial charge in [-0.15, -0.1) is 11.3 Å². The Kier molecular flexibility index (Phi) is 3.91. The minimum absolute atomic E-state index is 0.445. The van der Waals surface area contributed by atoms with Crippen molar-refractivity contribution < 1.29 is 15.3 Å². The Labute approximate surface area is 104 Å². The summed E-state index contributed by atoms with van der Waals surface area (Å²) in [5.41, 5.74) is 2.08. The highest BCUT2D eigenvalue weighted by atomic mass is 32.1. The lowest BCUT2D eigenvalue weighted by Gasteiger charge is -2.13. The quantitative estimate of drug-likeness (QED) is 0.775. The van der Waals surface area contributed by atoms with Gasteiger partial charge in [-0.1, -0.05) is 30.3 Å². The zero-order valence-electron chi connectivity index (χ0n) is 9.15. The number of aliphatic hydroxyl groups is 3. The van der Waals surface area contributed by atoms with Crippen LogP contribution in [0.4, 0.5) is 0 Å². The Morgan fingerprint density at radius 2 is 1.76 bits per heavy atom. The second-order valence-corrected chi connectivity index (χ2v) is 4.74. The Hall–Kier alpha value is -1.20. The summed E-state index contributed by atoms with van der Waals surface area (Å²) in [5, 5.41) is 29.8. The molecule has 3 N–H and O–H groups in total. The zero-order valence-corrected chi connectivity index (χ0v) is 9.97. The average molecular weight is 250 g/mol. The lowest BCUT2D eigenvalue weighted by molar-refractivity contribution is -0.0135. The van der Waals surface area contributed by atoms with Gasteiger partial charge in [0.05, 0.1) is 6.61 Å². The van der Waals surface area contributed by atoms with Gasteiger partial charge >= 0.3 is 0 Å². The van der Waals surface area contributed by atoms with E-state index in [0.29, 0.717) is 4.88 Å². The first-order chi connectivity index (χ1) is 8.22. The molecule has 0 spiro atoms. The standard InChI is InChI=1S/C13H14O3S/c14-7-11(15)13(16)12-6-10(8-17-12)9-4-2-1-3-5-9/h1-6,8,11,13-16H,7H2. The first kappa shape index (κ1) is 12.3. The van der Waals surface area contributed by atoms with Gasteiger partial charge in [0.2, 0.25) is 0 Å². The summed E-state index contributed by atoms with van der Waals surface area (Å²) in [6, 6.07) is 11.7. The normalized spacial score (nSPS) is 14.5. The molecule has 3 nitrogen and oxygen atoms in total. The summed E-state index contributed by atoms with van der Waals surface area (Å²) < 4.78 is 0. The molecule has 0 saturated heterocycles. The van der Waals surface area contributed by atoms with Crippen LogP contribution in [-0.2, 0) is 0 Å². The molecule has 2 unspecified atom stereocenters. The van der Waals surface area contributed by atoms with Gasteiger partial charge in [-0.3, -0.25) is 0 Å². The fourth-order valence-electron chi connectivity index (χ4n) is 1.58. The van der Waals surface area contributed by atoms with Crippen LogP contribution in [-0.4, -0.2) is 28.0 Å². The molecular formula is C13H14O3S. The molecule has 0 amide bonds. The Morgan fingerprint density at radius 1 is 1.06 bits per heavy atom. The van der Waals surface area contributed by atoms with Gasteiger partial charge in [-0.05, 0) is 22.6 Å². The van der Waals surface area contributed by atoms with Crippen LogP contribution < -0.4 is 0 Å². The van der Waals surface area contributed by atoms with Gasteiger partial charge in [0.25, 0.3) is 0 Å². The van der Waals surface area contributed by atoms with Gasteiger partial charge < -0.3 is 15.3 Å². The van der Waals surface area contributed by atoms with E-state index < -0.39 is 18.8 Å². The van der Waals surface area contributed by atoms with Crippen molar-refractivity contribution in [3.05, 3.63) is 46.7 Å². The molecule has 0 fully saturated rings. The van der Waals surface area contributed by atoms with Gasteiger partial charge in [0.15, 0.2) is 0 Å². The maximum Gasteiger partial charge on any atom is 0.116 e. The predicted molar refractivity (Wildman–Crippen MR) is 67.8 cm³/mol. The highest BCUT2D eigenvalue weighted by Gasteiger charge is 2.19. The van der Waals surface area contributed by atoms with Crippen LogP contribution in [0.15, 0.2) is 41.8 Å². The molecule has 0 aliphatic carbocycles. The molecule has 2 atom stereocenters. The Bertz CT molecular complexity index is 467. The van der Waals surface area contributed by atoms with Crippen LogP contribution in [0.5, 0.6) is 0 Å². The van der Waals surface area contributed by atoms with Crippen LogP contribution in [0.3, 0.4) is 0 Å². The molecule has 4 heteroatoms. The zero-order chi connectivity index (χ0) is 12.3. The fraction of sp³-hybridized carbons (Fsp3) is 0.231. The number of thiophene rings is 1. The number of hydrogen-bond donors (Lipinski definition) is 3. The van der Waals surface area contributed by atoms with Crippen LogP contribution in [0.1, 0.15) is 11.0 Å². The lowest BCUT2D eigenvalue weighted by Crippen LogP contribution is -2.21. The third kappa shape index (κ3) is 2.73. The molecule has 0 radical (unpaired) electrons. The Morgan fingerprint density at radius 3 is 2.41 bits per heavy atom. The van der Waals surface area contributed by atoms with Crippen molar-refractivity contribution in [2.75, 3.05) is 6.61 Å². The van der Waals surface area contributed by atoms with E-state index in [1.54, 1.807) is 0 Å². The third-order valence-electron chi connectivity index (χ3n) is 2.57. The molecule has 2 aromatic rings. The lowest BCUT2D eigenvalue weighted by atomic mass is 10.1. The van der Waals surface area contributed by atoms with E-state index in [2.05, 4.69) is 0 Å². The van der Waals surface area contributed by atoms with E-state index in [1.807, 2.05) is 41.8 Å². The topological polar surface area (TPSA) is 60.7 Å². The number of rotatable bonds is 4. The van der Waals surface area contributed by atoms with E-state index in [0.717, 1.165) is 11.1 Å². The smallest absolute Gasteiger partial charge is 0.116 e. The minimum Gasteiger partial charge on any atom is -0.394 e. The maximum absolute atomic E-state index is 9.75. The van der Waals surface area contributed by atoms with Crippen molar-refractivity contribution in [2.45, 2.75) is 12.2 Å². The van der Waals surface area contributed by atoms with Crippen molar-refractivity contribution in [2.24, 2.45) is 0 Å². The van der Waals surface area contributed by atoms with Gasteiger partial charge in [-0.2, -0.15) is 0 Å². The van der Waals surface area contributed by atoms with Gasteiger partial charge in [0.1, 0.15) is 12.2 Å². The molecule has 17 heavy (non-hydrogen) atoms. The van der Waals surface area contributed by atoms with Crippen LogP contribution in [0.25, 0.3) is 11.1 Å². The number of hydrogen-bond acceptors (Lipinski definition) is 4. The number of benzene rings is 1. The van der Waals surface area contributed by atoms with E-state index in [1.165, 1.54) is 11.3 Å². The van der Waals surface area contributed by atoms with E-state index in [4.69, 9.17) is 5.11 Å². The second-order valence-electron chi connectivity index (χ2n) is 3.80. The van der Waals surface area contributed by atoms with Crippen molar-refractivity contribution in [1.82, 2.24) is 0 Å². The van der Waals surface area contributed by atoms with Crippen molar-refractivity contribution in [3.63, 3.8) is 0 Å². The monoisotopic (exact) mass is 250 g/mol. The minimum atomic E-state index is -1.13. The summed E-state index contributed by atoms with van der Waals surface area (Å²) in [6.45, 7) is -0.445. The summed E-state index contributed by atoms with van der Waals surface area (Å²) in [7, 11) is 0. The first-order valence-corrected chi connectivity index (χ1v) is 6.21. The van der Waals surface area contributed by atoms with Gasteiger partial charge in [-0.25, -0.2) is 0 Å². The summed E-state index contributed by atoms with van der Waals surface area (Å²) in [4.78, 5) is 0.658. The molecular weight excluding hydrogens is 236 g/mol. The first-order valence-electron chi connectivity index (χ1n) is 5.33. The molecule has 90 valence electrons. The van der Waals surface area contributed by atoms with Crippen molar-refractivity contribution in [3.8, 4) is 11.1 Å². The fourth-order valence-corrected chi connectivity index (χ4v) is 2.54. The van der Waals surface area contributed by atoms with Crippen molar-refractivity contribution in [1.29, 1.82) is 0 Å². The predicted octanol–water partition coefficient (Wildman–Crippen LogP) is 1.80. The molecule has 0 aliphatic rings. The molecule has 2 rings (SSSR count).